The summed E-state index contributed by atoms with van der Waals surface area (Å²) in [4.78, 5) is 18.6. The van der Waals surface area contributed by atoms with E-state index in [1.165, 1.54) is 29.2 Å². The van der Waals surface area contributed by atoms with Crippen LogP contribution >= 0.6 is 0 Å². The van der Waals surface area contributed by atoms with Gasteiger partial charge in [0.25, 0.3) is 0 Å². The number of benzene rings is 1. The van der Waals surface area contributed by atoms with Crippen molar-refractivity contribution in [3.05, 3.63) is 41.6 Å². The van der Waals surface area contributed by atoms with Gasteiger partial charge in [-0.2, -0.15) is 4.31 Å². The lowest BCUT2D eigenvalue weighted by molar-refractivity contribution is 0.120. The SMILES string of the molecule is Cc1cc2c(F)c(Oc3ncnc(N)c3C=NOCCCN3CCN(S(C)(=O)=O)CC3)ccc2[nH]1. The van der Waals surface area contributed by atoms with Crippen molar-refractivity contribution in [1.82, 2.24) is 24.2 Å². The quantitative estimate of drug-likeness (QED) is 0.256. The fourth-order valence-corrected chi connectivity index (χ4v) is 4.67. The molecule has 1 saturated heterocycles. The Balaban J connectivity index is 1.32. The third kappa shape index (κ3) is 6.05. The van der Waals surface area contributed by atoms with Crippen LogP contribution in [0, 0.1) is 12.7 Å². The molecule has 188 valence electrons. The van der Waals surface area contributed by atoms with Gasteiger partial charge < -0.3 is 25.2 Å². The van der Waals surface area contributed by atoms with Gasteiger partial charge in [0.2, 0.25) is 15.9 Å². The number of aromatic amines is 1. The van der Waals surface area contributed by atoms with E-state index in [9.17, 15) is 12.8 Å². The number of piperazine rings is 1. The van der Waals surface area contributed by atoms with Gasteiger partial charge in [-0.1, -0.05) is 5.16 Å². The Kier molecular flexibility index (Phi) is 7.48. The molecule has 1 fully saturated rings. The zero-order chi connectivity index (χ0) is 25.0. The van der Waals surface area contributed by atoms with E-state index >= 15 is 0 Å². The van der Waals surface area contributed by atoms with Gasteiger partial charge >= 0.3 is 0 Å². The molecule has 4 rings (SSSR count). The highest BCUT2D eigenvalue weighted by molar-refractivity contribution is 7.88. The third-order valence-electron chi connectivity index (χ3n) is 5.69. The molecule has 0 aliphatic carbocycles. The number of aromatic nitrogens is 3. The van der Waals surface area contributed by atoms with Gasteiger partial charge in [0, 0.05) is 49.3 Å². The lowest BCUT2D eigenvalue weighted by Crippen LogP contribution is -2.48. The number of ether oxygens (including phenoxy) is 1. The number of oxime groups is 1. The molecule has 0 saturated carbocycles. The smallest absolute Gasteiger partial charge is 0.233 e. The average molecular weight is 506 g/mol. The topological polar surface area (TPSA) is 139 Å². The first kappa shape index (κ1) is 24.8. The van der Waals surface area contributed by atoms with E-state index < -0.39 is 15.8 Å². The zero-order valence-corrected chi connectivity index (χ0v) is 20.4. The summed E-state index contributed by atoms with van der Waals surface area (Å²) in [6, 6.07) is 4.94. The summed E-state index contributed by atoms with van der Waals surface area (Å²) >= 11 is 0. The molecule has 13 heteroatoms. The molecule has 0 spiro atoms. The Morgan fingerprint density at radius 3 is 2.77 bits per heavy atom. The molecular weight excluding hydrogens is 477 g/mol. The Morgan fingerprint density at radius 1 is 1.26 bits per heavy atom. The number of halogens is 1. The molecule has 3 aromatic rings. The van der Waals surface area contributed by atoms with E-state index in [1.54, 1.807) is 12.1 Å². The van der Waals surface area contributed by atoms with Crippen LogP contribution in [0.5, 0.6) is 11.6 Å². The van der Waals surface area contributed by atoms with Crippen LogP contribution < -0.4 is 10.5 Å². The summed E-state index contributed by atoms with van der Waals surface area (Å²) in [5.41, 5.74) is 7.73. The molecule has 0 amide bonds. The molecule has 0 atom stereocenters. The minimum atomic E-state index is -3.14. The van der Waals surface area contributed by atoms with Gasteiger partial charge in [0.05, 0.1) is 12.5 Å². The number of nitrogens with zero attached hydrogens (tertiary/aromatic N) is 5. The monoisotopic (exact) mass is 505 g/mol. The number of anilines is 1. The highest BCUT2D eigenvalue weighted by Crippen LogP contribution is 2.31. The van der Waals surface area contributed by atoms with Crippen LogP contribution in [0.4, 0.5) is 10.2 Å². The highest BCUT2D eigenvalue weighted by Gasteiger charge is 2.22. The zero-order valence-electron chi connectivity index (χ0n) is 19.6. The molecule has 35 heavy (non-hydrogen) atoms. The van der Waals surface area contributed by atoms with Crippen LogP contribution in [0.1, 0.15) is 17.7 Å². The summed E-state index contributed by atoms with van der Waals surface area (Å²) in [7, 11) is -3.14. The maximum atomic E-state index is 14.9. The van der Waals surface area contributed by atoms with Gasteiger partial charge in [-0.3, -0.25) is 0 Å². The Bertz CT molecular complexity index is 1320. The van der Waals surface area contributed by atoms with Crippen molar-refractivity contribution in [3.8, 4) is 11.6 Å². The van der Waals surface area contributed by atoms with Gasteiger partial charge in [0.1, 0.15) is 24.3 Å². The number of aryl methyl sites for hydroxylation is 1. The van der Waals surface area contributed by atoms with E-state index in [-0.39, 0.29) is 23.0 Å². The standard InChI is InChI=1S/C22H28FN7O4S/c1-15-12-16-18(28-15)4-5-19(20(16)23)34-22-17(21(24)25-14-26-22)13-27-33-11-3-6-29-7-9-30(10-8-29)35(2,31)32/h4-5,12-14,28H,3,6-11H2,1-2H3,(H2,24,25,26). The molecule has 3 heterocycles. The number of nitrogens with two attached hydrogens (primary N) is 1. The molecule has 11 nitrogen and oxygen atoms in total. The van der Waals surface area contributed by atoms with Gasteiger partial charge in [-0.25, -0.2) is 22.8 Å². The van der Waals surface area contributed by atoms with E-state index in [1.807, 2.05) is 6.92 Å². The molecule has 0 unspecified atom stereocenters. The summed E-state index contributed by atoms with van der Waals surface area (Å²) in [6.45, 7) is 5.30. The number of hydrogen-bond donors (Lipinski definition) is 2. The fraction of sp³-hybridized carbons (Fsp3) is 0.409. The lowest BCUT2D eigenvalue weighted by Gasteiger charge is -2.33. The number of sulfonamides is 1. The Morgan fingerprint density at radius 2 is 2.03 bits per heavy atom. The second-order valence-electron chi connectivity index (χ2n) is 8.30. The van der Waals surface area contributed by atoms with Crippen molar-refractivity contribution in [3.63, 3.8) is 0 Å². The number of nitrogen functional groups attached to an aromatic ring is 1. The van der Waals surface area contributed by atoms with Crippen molar-refractivity contribution in [2.24, 2.45) is 5.16 Å². The normalized spacial score (nSPS) is 15.7. The number of nitrogens with one attached hydrogen (secondary N) is 1. The summed E-state index contributed by atoms with van der Waals surface area (Å²) in [6.07, 6.45) is 4.50. The van der Waals surface area contributed by atoms with Crippen molar-refractivity contribution < 1.29 is 22.4 Å². The molecule has 1 aromatic carbocycles. The van der Waals surface area contributed by atoms with Crippen LogP contribution in [0.3, 0.4) is 0 Å². The fourth-order valence-electron chi connectivity index (χ4n) is 3.85. The van der Waals surface area contributed by atoms with Gasteiger partial charge in [-0.05, 0) is 31.5 Å². The van der Waals surface area contributed by atoms with Crippen molar-refractivity contribution >= 4 is 33.0 Å². The van der Waals surface area contributed by atoms with E-state index in [0.29, 0.717) is 50.1 Å². The van der Waals surface area contributed by atoms with Crippen molar-refractivity contribution in [2.45, 2.75) is 13.3 Å². The minimum absolute atomic E-state index is 0.00105. The second-order valence-corrected chi connectivity index (χ2v) is 10.3. The van der Waals surface area contributed by atoms with Crippen LogP contribution in [0.2, 0.25) is 0 Å². The summed E-state index contributed by atoms with van der Waals surface area (Å²) < 4.78 is 45.3. The highest BCUT2D eigenvalue weighted by atomic mass is 32.2. The maximum Gasteiger partial charge on any atom is 0.233 e. The van der Waals surface area contributed by atoms with Gasteiger partial charge in [0.15, 0.2) is 11.6 Å². The number of hydrogen-bond acceptors (Lipinski definition) is 9. The van der Waals surface area contributed by atoms with E-state index in [0.717, 1.165) is 12.2 Å². The number of rotatable bonds is 9. The van der Waals surface area contributed by atoms with Crippen molar-refractivity contribution in [2.75, 3.05) is 51.3 Å². The van der Waals surface area contributed by atoms with E-state index in [4.69, 9.17) is 15.3 Å². The van der Waals surface area contributed by atoms with Crippen LogP contribution in [0.25, 0.3) is 10.9 Å². The minimum Gasteiger partial charge on any atom is -0.435 e. The largest absolute Gasteiger partial charge is 0.435 e. The molecule has 0 bridgehead atoms. The number of H-pyrrole nitrogens is 1. The predicted octanol–water partition coefficient (Wildman–Crippen LogP) is 2.10. The maximum absolute atomic E-state index is 14.9. The molecule has 0 radical (unpaired) electrons. The molecule has 1 aliphatic heterocycles. The summed E-state index contributed by atoms with van der Waals surface area (Å²) in [5, 5.41) is 4.35. The first-order valence-corrected chi connectivity index (χ1v) is 13.0. The lowest BCUT2D eigenvalue weighted by atomic mass is 10.2. The first-order valence-electron chi connectivity index (χ1n) is 11.1. The summed E-state index contributed by atoms with van der Waals surface area (Å²) in [5.74, 6) is -0.342. The molecule has 1 aliphatic rings. The van der Waals surface area contributed by atoms with Gasteiger partial charge in [-0.15, -0.1) is 0 Å². The average Bonchev–Trinajstić information content (AvgIpc) is 3.20. The number of fused-ring (bicyclic) bond motifs is 1. The predicted molar refractivity (Wildman–Crippen MR) is 131 cm³/mol. The van der Waals surface area contributed by atoms with Crippen LogP contribution in [0.15, 0.2) is 29.7 Å². The molecular formula is C22H28FN7O4S. The second kappa shape index (κ2) is 10.5. The van der Waals surface area contributed by atoms with Crippen LogP contribution in [-0.2, 0) is 14.9 Å². The molecule has 3 N–H and O–H groups in total. The van der Waals surface area contributed by atoms with E-state index in [2.05, 4.69) is 25.0 Å². The van der Waals surface area contributed by atoms with Crippen LogP contribution in [-0.4, -0.2) is 84.4 Å². The van der Waals surface area contributed by atoms with Crippen molar-refractivity contribution in [1.29, 1.82) is 0 Å². The Labute approximate surface area is 202 Å². The molecule has 2 aromatic heterocycles. The Hall–Kier alpha value is -3.29. The third-order valence-corrected chi connectivity index (χ3v) is 6.99. The first-order chi connectivity index (χ1) is 16.7.